The molecule has 4 rings (SSSR count). The smallest absolute Gasteiger partial charge is 0.277 e. The normalized spacial score (nSPS) is 10.9. The first-order valence-electron chi connectivity index (χ1n) is 10.3. The summed E-state index contributed by atoms with van der Waals surface area (Å²) in [5.74, 6) is 0.545. The summed E-state index contributed by atoms with van der Waals surface area (Å²) in [6, 6.07) is 18.5. The van der Waals surface area contributed by atoms with Crippen LogP contribution in [0.25, 0.3) is 16.8 Å². The second-order valence-electron chi connectivity index (χ2n) is 7.23. The monoisotopic (exact) mass is 416 g/mol. The van der Waals surface area contributed by atoms with Crippen LogP contribution < -0.4 is 15.6 Å². The van der Waals surface area contributed by atoms with Gasteiger partial charge in [-0.15, -0.1) is 0 Å². The number of benzene rings is 2. The van der Waals surface area contributed by atoms with Gasteiger partial charge in [0.15, 0.2) is 0 Å². The van der Waals surface area contributed by atoms with E-state index in [-0.39, 0.29) is 18.0 Å². The van der Waals surface area contributed by atoms with E-state index in [2.05, 4.69) is 17.3 Å². The Morgan fingerprint density at radius 2 is 1.84 bits per heavy atom. The first kappa shape index (κ1) is 20.4. The van der Waals surface area contributed by atoms with E-state index in [9.17, 15) is 9.59 Å². The molecule has 2 aromatic heterocycles. The van der Waals surface area contributed by atoms with E-state index >= 15 is 0 Å². The molecule has 0 unspecified atom stereocenters. The van der Waals surface area contributed by atoms with Crippen LogP contribution in [0.15, 0.2) is 77.9 Å². The fraction of sp³-hybridized carbons (Fsp3) is 0.208. The zero-order chi connectivity index (χ0) is 21.6. The average molecular weight is 416 g/mol. The minimum absolute atomic E-state index is 0.0749. The molecular formula is C24H24N4O3. The number of para-hydroxylation sites is 1. The maximum absolute atomic E-state index is 12.9. The molecule has 0 atom stereocenters. The molecule has 7 heteroatoms. The summed E-state index contributed by atoms with van der Waals surface area (Å²) in [5.41, 5.74) is 2.40. The number of ether oxygens (including phenoxy) is 1. The molecule has 0 saturated heterocycles. The number of fused-ring (bicyclic) bond motifs is 1. The maximum Gasteiger partial charge on any atom is 0.277 e. The molecule has 0 aliphatic carbocycles. The van der Waals surface area contributed by atoms with Crippen molar-refractivity contribution in [3.05, 3.63) is 83.4 Å². The standard InChI is InChI=1S/C24H24N4O3/c1-2-3-15-31-20-11-9-18(10-12-20)21-16-22-24(30)27(13-14-28(22)26-21)17-23(29)25-19-7-5-4-6-8-19/h4-14,16H,2-3,15,17H2,1H3,(H,25,29). The lowest BCUT2D eigenvalue weighted by Crippen LogP contribution is -2.28. The van der Waals surface area contributed by atoms with Crippen LogP contribution in [0.1, 0.15) is 19.8 Å². The highest BCUT2D eigenvalue weighted by Crippen LogP contribution is 2.22. The summed E-state index contributed by atoms with van der Waals surface area (Å²) in [6.45, 7) is 2.75. The van der Waals surface area contributed by atoms with E-state index in [0.717, 1.165) is 24.2 Å². The number of nitrogens with zero attached hydrogens (tertiary/aromatic N) is 3. The third kappa shape index (κ3) is 4.83. The summed E-state index contributed by atoms with van der Waals surface area (Å²) in [6.07, 6.45) is 5.36. The molecule has 0 aliphatic rings. The SMILES string of the molecule is CCCCOc1ccc(-c2cc3c(=O)n(CC(=O)Nc4ccccc4)ccn3n2)cc1. The van der Waals surface area contributed by atoms with Crippen molar-refractivity contribution >= 4 is 17.1 Å². The predicted molar refractivity (Wildman–Crippen MR) is 120 cm³/mol. The van der Waals surface area contributed by atoms with Gasteiger partial charge in [-0.3, -0.25) is 9.59 Å². The first-order valence-corrected chi connectivity index (χ1v) is 10.3. The number of unbranched alkanes of at least 4 members (excludes halogenated alkanes) is 1. The highest BCUT2D eigenvalue weighted by molar-refractivity contribution is 5.90. The van der Waals surface area contributed by atoms with Gasteiger partial charge >= 0.3 is 0 Å². The van der Waals surface area contributed by atoms with Gasteiger partial charge in [0.1, 0.15) is 17.8 Å². The summed E-state index contributed by atoms with van der Waals surface area (Å²) in [7, 11) is 0. The lowest BCUT2D eigenvalue weighted by molar-refractivity contribution is -0.116. The molecule has 1 amide bonds. The predicted octanol–water partition coefficient (Wildman–Crippen LogP) is 3.98. The molecular weight excluding hydrogens is 392 g/mol. The number of aromatic nitrogens is 3. The van der Waals surface area contributed by atoms with Gasteiger partial charge in [0, 0.05) is 23.6 Å². The van der Waals surface area contributed by atoms with Crippen molar-refractivity contribution in [2.24, 2.45) is 0 Å². The van der Waals surface area contributed by atoms with E-state index in [0.29, 0.717) is 23.5 Å². The molecule has 7 nitrogen and oxygen atoms in total. The molecule has 0 bridgehead atoms. The van der Waals surface area contributed by atoms with Crippen molar-refractivity contribution in [2.45, 2.75) is 26.3 Å². The van der Waals surface area contributed by atoms with Crippen LogP contribution in [0, 0.1) is 0 Å². The van der Waals surface area contributed by atoms with Crippen LogP contribution in [0.2, 0.25) is 0 Å². The van der Waals surface area contributed by atoms with Crippen molar-refractivity contribution < 1.29 is 9.53 Å². The molecule has 0 saturated carbocycles. The number of rotatable bonds is 8. The second kappa shape index (κ2) is 9.30. The Kier molecular flexibility index (Phi) is 6.12. The fourth-order valence-corrected chi connectivity index (χ4v) is 3.22. The molecule has 31 heavy (non-hydrogen) atoms. The Bertz CT molecular complexity index is 1230. The van der Waals surface area contributed by atoms with Gasteiger partial charge in [-0.1, -0.05) is 31.5 Å². The third-order valence-electron chi connectivity index (χ3n) is 4.89. The lowest BCUT2D eigenvalue weighted by Gasteiger charge is -2.07. The Morgan fingerprint density at radius 3 is 2.58 bits per heavy atom. The Morgan fingerprint density at radius 1 is 1.06 bits per heavy atom. The van der Waals surface area contributed by atoms with Crippen molar-refractivity contribution in [1.29, 1.82) is 0 Å². The molecule has 1 N–H and O–H groups in total. The van der Waals surface area contributed by atoms with Gasteiger partial charge in [0.25, 0.3) is 5.56 Å². The summed E-state index contributed by atoms with van der Waals surface area (Å²) in [4.78, 5) is 25.2. The zero-order valence-corrected chi connectivity index (χ0v) is 17.3. The third-order valence-corrected chi connectivity index (χ3v) is 4.89. The minimum atomic E-state index is -0.274. The topological polar surface area (TPSA) is 77.6 Å². The molecule has 158 valence electrons. The van der Waals surface area contributed by atoms with E-state index in [4.69, 9.17) is 4.74 Å². The Hall–Kier alpha value is -3.87. The molecule has 2 aromatic carbocycles. The van der Waals surface area contributed by atoms with Gasteiger partial charge in [-0.25, -0.2) is 4.52 Å². The van der Waals surface area contributed by atoms with Gasteiger partial charge < -0.3 is 14.6 Å². The van der Waals surface area contributed by atoms with Crippen molar-refractivity contribution in [3.8, 4) is 17.0 Å². The first-order chi connectivity index (χ1) is 15.1. The highest BCUT2D eigenvalue weighted by Gasteiger charge is 2.11. The van der Waals surface area contributed by atoms with Crippen LogP contribution in [0.4, 0.5) is 5.69 Å². The second-order valence-corrected chi connectivity index (χ2v) is 7.23. The molecule has 2 heterocycles. The lowest BCUT2D eigenvalue weighted by atomic mass is 10.1. The maximum atomic E-state index is 12.9. The highest BCUT2D eigenvalue weighted by atomic mass is 16.5. The Balaban J connectivity index is 1.51. The largest absolute Gasteiger partial charge is 0.494 e. The summed E-state index contributed by atoms with van der Waals surface area (Å²) in [5, 5.41) is 7.29. The van der Waals surface area contributed by atoms with Crippen LogP contribution in [0.5, 0.6) is 5.75 Å². The van der Waals surface area contributed by atoms with Crippen LogP contribution in [-0.2, 0) is 11.3 Å². The van der Waals surface area contributed by atoms with E-state index in [1.807, 2.05) is 42.5 Å². The number of carbonyl (C=O) groups excluding carboxylic acids is 1. The van der Waals surface area contributed by atoms with E-state index in [1.165, 1.54) is 9.08 Å². The number of hydrogen-bond acceptors (Lipinski definition) is 4. The quantitative estimate of drug-likeness (QED) is 0.441. The van der Waals surface area contributed by atoms with Crippen molar-refractivity contribution in [3.63, 3.8) is 0 Å². The number of carbonyl (C=O) groups is 1. The van der Waals surface area contributed by atoms with Gasteiger partial charge in [-0.2, -0.15) is 5.10 Å². The van der Waals surface area contributed by atoms with Gasteiger partial charge in [0.05, 0.1) is 12.3 Å². The van der Waals surface area contributed by atoms with E-state index < -0.39 is 0 Å². The average Bonchev–Trinajstić information content (AvgIpc) is 3.22. The fourth-order valence-electron chi connectivity index (χ4n) is 3.22. The number of anilines is 1. The number of nitrogens with one attached hydrogen (secondary N) is 1. The van der Waals surface area contributed by atoms with Crippen molar-refractivity contribution in [2.75, 3.05) is 11.9 Å². The van der Waals surface area contributed by atoms with E-state index in [1.54, 1.807) is 30.6 Å². The summed E-state index contributed by atoms with van der Waals surface area (Å²) < 4.78 is 8.61. The Labute approximate surface area is 179 Å². The van der Waals surface area contributed by atoms with Gasteiger partial charge in [-0.05, 0) is 48.9 Å². The number of amides is 1. The van der Waals surface area contributed by atoms with Crippen molar-refractivity contribution in [1.82, 2.24) is 14.2 Å². The molecule has 0 spiro atoms. The van der Waals surface area contributed by atoms with Crippen LogP contribution in [-0.4, -0.2) is 26.7 Å². The minimum Gasteiger partial charge on any atom is -0.494 e. The van der Waals surface area contributed by atoms with Crippen LogP contribution >= 0.6 is 0 Å². The molecule has 0 radical (unpaired) electrons. The summed E-state index contributed by atoms with van der Waals surface area (Å²) >= 11 is 0. The molecule has 0 aliphatic heterocycles. The van der Waals surface area contributed by atoms with Gasteiger partial charge in [0.2, 0.25) is 5.91 Å². The molecule has 0 fully saturated rings. The number of hydrogen-bond donors (Lipinski definition) is 1. The van der Waals surface area contributed by atoms with Crippen LogP contribution in [0.3, 0.4) is 0 Å². The molecule has 4 aromatic rings. The zero-order valence-electron chi connectivity index (χ0n) is 17.3.